The molecule has 27 heavy (non-hydrogen) atoms. The quantitative estimate of drug-likeness (QED) is 0.409. The van der Waals surface area contributed by atoms with Crippen LogP contribution in [0.15, 0.2) is 73.4 Å². The molecule has 1 aliphatic carbocycles. The van der Waals surface area contributed by atoms with E-state index in [4.69, 9.17) is 9.47 Å². The fraction of sp³-hybridized carbons (Fsp3) is 0.304. The highest BCUT2D eigenvalue weighted by atomic mass is 16.5. The second kappa shape index (κ2) is 9.72. The van der Waals surface area contributed by atoms with Gasteiger partial charge in [0.1, 0.15) is 0 Å². The highest BCUT2D eigenvalue weighted by molar-refractivity contribution is 6.01. The zero-order chi connectivity index (χ0) is 19.7. The largest absolute Gasteiger partial charge is 0.468 e. The monoisotopic (exact) mass is 366 g/mol. The first kappa shape index (κ1) is 20.4. The van der Waals surface area contributed by atoms with E-state index in [2.05, 4.69) is 18.7 Å². The molecule has 4 nitrogen and oxygen atoms in total. The molecule has 0 fully saturated rings. The molecule has 0 aliphatic heterocycles. The van der Waals surface area contributed by atoms with Gasteiger partial charge in [-0.05, 0) is 24.3 Å². The van der Waals surface area contributed by atoms with Crippen LogP contribution < -0.4 is 0 Å². The van der Waals surface area contributed by atoms with Crippen molar-refractivity contribution in [1.82, 2.24) is 0 Å². The number of methoxy groups -OCH3 is 2. The summed E-state index contributed by atoms with van der Waals surface area (Å²) in [5.74, 6) is -1.52. The van der Waals surface area contributed by atoms with Gasteiger partial charge in [0.05, 0.1) is 14.2 Å². The minimum atomic E-state index is -1.44. The number of benzene rings is 1. The van der Waals surface area contributed by atoms with Crippen LogP contribution in [0.3, 0.4) is 0 Å². The number of allylic oxidation sites excluding steroid dienone is 6. The van der Waals surface area contributed by atoms with Crippen molar-refractivity contribution < 1.29 is 19.1 Å². The van der Waals surface area contributed by atoms with Gasteiger partial charge in [0.15, 0.2) is 5.41 Å². The van der Waals surface area contributed by atoms with Crippen molar-refractivity contribution in [3.8, 4) is 0 Å². The lowest BCUT2D eigenvalue weighted by molar-refractivity contribution is -0.172. The van der Waals surface area contributed by atoms with Gasteiger partial charge in [-0.3, -0.25) is 9.59 Å². The van der Waals surface area contributed by atoms with Gasteiger partial charge in [-0.15, -0.1) is 6.58 Å². The molecule has 1 aliphatic rings. The molecular formula is C23H26O4. The number of esters is 2. The molecule has 0 saturated carbocycles. The number of carbonyl (C=O) groups is 2. The van der Waals surface area contributed by atoms with Crippen LogP contribution in [0.2, 0.25) is 0 Å². The van der Waals surface area contributed by atoms with Crippen LogP contribution in [0.25, 0.3) is 6.08 Å². The topological polar surface area (TPSA) is 52.6 Å². The molecule has 0 aromatic heterocycles. The molecule has 0 saturated heterocycles. The van der Waals surface area contributed by atoms with Gasteiger partial charge in [-0.2, -0.15) is 0 Å². The van der Waals surface area contributed by atoms with Crippen molar-refractivity contribution >= 4 is 18.0 Å². The molecule has 0 radical (unpaired) electrons. The summed E-state index contributed by atoms with van der Waals surface area (Å²) < 4.78 is 9.98. The molecule has 0 unspecified atom stereocenters. The predicted octanol–water partition coefficient (Wildman–Crippen LogP) is 4.36. The van der Waals surface area contributed by atoms with Crippen LogP contribution in [0, 0.1) is 17.3 Å². The Kier molecular flexibility index (Phi) is 7.35. The first-order valence-corrected chi connectivity index (χ1v) is 8.94. The lowest BCUT2D eigenvalue weighted by Gasteiger charge is -2.34. The molecule has 142 valence electrons. The van der Waals surface area contributed by atoms with Crippen molar-refractivity contribution in [3.63, 3.8) is 0 Å². The molecule has 4 heteroatoms. The zero-order valence-corrected chi connectivity index (χ0v) is 15.8. The van der Waals surface area contributed by atoms with Crippen molar-refractivity contribution in [2.45, 2.75) is 12.8 Å². The number of hydrogen-bond donors (Lipinski definition) is 0. The van der Waals surface area contributed by atoms with E-state index in [1.807, 2.05) is 54.6 Å². The molecule has 2 atom stereocenters. The third-order valence-electron chi connectivity index (χ3n) is 4.87. The summed E-state index contributed by atoms with van der Waals surface area (Å²) in [5.41, 5.74) is -0.343. The van der Waals surface area contributed by atoms with Crippen LogP contribution in [0.1, 0.15) is 18.4 Å². The van der Waals surface area contributed by atoms with Gasteiger partial charge in [0, 0.05) is 5.92 Å². The predicted molar refractivity (Wildman–Crippen MR) is 107 cm³/mol. The molecular weight excluding hydrogens is 340 g/mol. The van der Waals surface area contributed by atoms with Crippen LogP contribution in [-0.4, -0.2) is 26.2 Å². The first-order chi connectivity index (χ1) is 13.1. The van der Waals surface area contributed by atoms with Crippen molar-refractivity contribution in [1.29, 1.82) is 0 Å². The first-order valence-electron chi connectivity index (χ1n) is 8.94. The van der Waals surface area contributed by atoms with E-state index < -0.39 is 17.4 Å². The molecule has 2 rings (SSSR count). The highest BCUT2D eigenvalue weighted by Crippen LogP contribution is 2.41. The summed E-state index contributed by atoms with van der Waals surface area (Å²) in [6, 6.07) is 9.99. The van der Waals surface area contributed by atoms with Gasteiger partial charge in [0.2, 0.25) is 0 Å². The smallest absolute Gasteiger partial charge is 0.324 e. The van der Waals surface area contributed by atoms with Gasteiger partial charge in [-0.1, -0.05) is 72.9 Å². The van der Waals surface area contributed by atoms with E-state index in [1.54, 1.807) is 6.08 Å². The third kappa shape index (κ3) is 4.64. The summed E-state index contributed by atoms with van der Waals surface area (Å²) >= 11 is 0. The molecule has 0 N–H and O–H groups in total. The fourth-order valence-electron chi connectivity index (χ4n) is 3.46. The number of carbonyl (C=O) groups excluding carboxylic acids is 2. The Morgan fingerprint density at radius 1 is 1.11 bits per heavy atom. The van der Waals surface area contributed by atoms with Crippen molar-refractivity contribution in [3.05, 3.63) is 78.9 Å². The number of hydrogen-bond acceptors (Lipinski definition) is 4. The molecule has 1 aromatic rings. The zero-order valence-electron chi connectivity index (χ0n) is 15.8. The van der Waals surface area contributed by atoms with E-state index in [0.29, 0.717) is 6.42 Å². The second-order valence-electron chi connectivity index (χ2n) is 6.49. The van der Waals surface area contributed by atoms with E-state index >= 15 is 0 Å². The van der Waals surface area contributed by atoms with Crippen molar-refractivity contribution in [2.24, 2.45) is 17.3 Å². The lowest BCUT2D eigenvalue weighted by Crippen LogP contribution is -2.46. The minimum absolute atomic E-state index is 0.0590. The maximum atomic E-state index is 12.7. The fourth-order valence-corrected chi connectivity index (χ4v) is 3.46. The molecule has 0 spiro atoms. The average molecular weight is 366 g/mol. The second-order valence-corrected chi connectivity index (χ2v) is 6.49. The minimum Gasteiger partial charge on any atom is -0.468 e. The Balaban J connectivity index is 2.35. The van der Waals surface area contributed by atoms with Gasteiger partial charge < -0.3 is 9.47 Å². The third-order valence-corrected chi connectivity index (χ3v) is 4.87. The summed E-state index contributed by atoms with van der Waals surface area (Å²) in [7, 11) is 2.57. The maximum absolute atomic E-state index is 12.7. The maximum Gasteiger partial charge on any atom is 0.324 e. The van der Waals surface area contributed by atoms with E-state index in [0.717, 1.165) is 5.56 Å². The Hall–Kier alpha value is -2.88. The van der Waals surface area contributed by atoms with Gasteiger partial charge >= 0.3 is 11.9 Å². The van der Waals surface area contributed by atoms with Crippen LogP contribution in [-0.2, 0) is 19.1 Å². The normalized spacial score (nSPS) is 19.5. The molecule has 0 heterocycles. The molecule has 1 aromatic carbocycles. The van der Waals surface area contributed by atoms with Crippen molar-refractivity contribution in [2.75, 3.05) is 14.2 Å². The van der Waals surface area contributed by atoms with Crippen LogP contribution in [0.4, 0.5) is 0 Å². The lowest BCUT2D eigenvalue weighted by atomic mass is 9.69. The number of rotatable bonds is 7. The summed E-state index contributed by atoms with van der Waals surface area (Å²) in [6.45, 7) is 3.72. The Morgan fingerprint density at radius 2 is 1.74 bits per heavy atom. The Morgan fingerprint density at radius 3 is 2.33 bits per heavy atom. The average Bonchev–Trinajstić information content (AvgIpc) is 2.96. The van der Waals surface area contributed by atoms with Gasteiger partial charge in [-0.25, -0.2) is 0 Å². The van der Waals surface area contributed by atoms with E-state index in [1.165, 1.54) is 14.2 Å². The number of ether oxygens (including phenoxy) is 2. The van der Waals surface area contributed by atoms with Crippen LogP contribution >= 0.6 is 0 Å². The van der Waals surface area contributed by atoms with Gasteiger partial charge in [0.25, 0.3) is 0 Å². The SMILES string of the molecule is C=CCC(C(=O)OC)(C(=O)OC)[C@@H]1C=CC=C[C@H](/C=C/c2ccccc2)C1. The van der Waals surface area contributed by atoms with Crippen LogP contribution in [0.5, 0.6) is 0 Å². The molecule has 0 amide bonds. The van der Waals surface area contributed by atoms with E-state index in [-0.39, 0.29) is 18.3 Å². The summed E-state index contributed by atoms with van der Waals surface area (Å²) in [6.07, 6.45) is 14.2. The Bertz CT molecular complexity index is 727. The Labute approximate surface area is 160 Å². The highest BCUT2D eigenvalue weighted by Gasteiger charge is 2.53. The standard InChI is InChI=1S/C23H26O4/c1-4-16-23(21(24)26-2,22(25)27-3)20-13-9-8-12-19(17-20)15-14-18-10-6-5-7-11-18/h4-15,19-20H,1,16-17H2,2-3H3/b15-14+/t19-,20-/m1/s1. The molecule has 0 bridgehead atoms. The summed E-state index contributed by atoms with van der Waals surface area (Å²) in [4.78, 5) is 25.4. The van der Waals surface area contributed by atoms with E-state index in [9.17, 15) is 9.59 Å². The summed E-state index contributed by atoms with van der Waals surface area (Å²) in [5, 5.41) is 0.